The van der Waals surface area contributed by atoms with Gasteiger partial charge in [0.1, 0.15) is 5.75 Å². The average Bonchev–Trinajstić information content (AvgIpc) is 2.31. The van der Waals surface area contributed by atoms with Crippen molar-refractivity contribution in [1.29, 1.82) is 0 Å². The van der Waals surface area contributed by atoms with E-state index in [4.69, 9.17) is 10.5 Å². The van der Waals surface area contributed by atoms with Crippen LogP contribution in [0, 0.1) is 0 Å². The molecular formula is C13H13NO. The Morgan fingerprint density at radius 1 is 0.933 bits per heavy atom. The van der Waals surface area contributed by atoms with Crippen LogP contribution in [0.4, 0.5) is 5.69 Å². The molecule has 0 amide bonds. The van der Waals surface area contributed by atoms with Crippen LogP contribution in [0.3, 0.4) is 0 Å². The lowest BCUT2D eigenvalue weighted by Gasteiger charge is -2.07. The number of nitrogen functional groups attached to an aromatic ring is 1. The maximum absolute atomic E-state index is 5.75. The molecule has 0 heterocycles. The molecule has 2 heteroatoms. The molecule has 0 aliphatic heterocycles. The Bertz CT molecular complexity index is 451. The van der Waals surface area contributed by atoms with E-state index in [9.17, 15) is 0 Å². The van der Waals surface area contributed by atoms with Crippen molar-refractivity contribution in [2.75, 3.05) is 12.8 Å². The molecular weight excluding hydrogens is 186 g/mol. The summed E-state index contributed by atoms with van der Waals surface area (Å²) in [4.78, 5) is 0. The molecule has 0 bridgehead atoms. The summed E-state index contributed by atoms with van der Waals surface area (Å²) < 4.78 is 5.18. The molecule has 0 spiro atoms. The summed E-state index contributed by atoms with van der Waals surface area (Å²) in [6.07, 6.45) is 0. The molecule has 0 fully saturated rings. The van der Waals surface area contributed by atoms with Gasteiger partial charge in [-0.15, -0.1) is 0 Å². The van der Waals surface area contributed by atoms with Crippen molar-refractivity contribution >= 4 is 5.69 Å². The Balaban J connectivity index is 2.46. The van der Waals surface area contributed by atoms with E-state index in [0.717, 1.165) is 16.9 Å². The third-order valence-corrected chi connectivity index (χ3v) is 2.34. The first-order chi connectivity index (χ1) is 7.31. The maximum atomic E-state index is 5.75. The molecule has 0 saturated carbocycles. The van der Waals surface area contributed by atoms with Gasteiger partial charge in [-0.05, 0) is 23.3 Å². The van der Waals surface area contributed by atoms with Gasteiger partial charge in [-0.1, -0.05) is 36.4 Å². The zero-order valence-electron chi connectivity index (χ0n) is 8.60. The molecule has 0 radical (unpaired) electrons. The molecule has 0 aliphatic carbocycles. The second-order valence-corrected chi connectivity index (χ2v) is 3.32. The van der Waals surface area contributed by atoms with Crippen LogP contribution in [0.15, 0.2) is 48.5 Å². The Hall–Kier alpha value is -1.96. The highest BCUT2D eigenvalue weighted by Gasteiger charge is 2.02. The topological polar surface area (TPSA) is 35.2 Å². The summed E-state index contributed by atoms with van der Waals surface area (Å²) in [6, 6.07) is 15.9. The molecule has 0 saturated heterocycles. The molecule has 0 atom stereocenters. The van der Waals surface area contributed by atoms with Gasteiger partial charge in [0.05, 0.1) is 12.8 Å². The summed E-state index contributed by atoms with van der Waals surface area (Å²) >= 11 is 0. The fourth-order valence-electron chi connectivity index (χ4n) is 1.52. The van der Waals surface area contributed by atoms with E-state index in [1.165, 1.54) is 0 Å². The van der Waals surface area contributed by atoms with E-state index in [-0.39, 0.29) is 0 Å². The summed E-state index contributed by atoms with van der Waals surface area (Å²) in [6.45, 7) is 0. The van der Waals surface area contributed by atoms with Crippen LogP contribution < -0.4 is 10.5 Å². The number of nitrogens with two attached hydrogens (primary N) is 1. The minimum atomic E-state index is 0.664. The first-order valence-electron chi connectivity index (χ1n) is 4.80. The summed E-state index contributed by atoms with van der Waals surface area (Å²) in [5, 5.41) is 0. The van der Waals surface area contributed by atoms with Gasteiger partial charge in [0, 0.05) is 0 Å². The molecule has 0 aromatic heterocycles. The van der Waals surface area contributed by atoms with Gasteiger partial charge in [0.2, 0.25) is 0 Å². The van der Waals surface area contributed by atoms with Gasteiger partial charge in [-0.2, -0.15) is 0 Å². The Morgan fingerprint density at radius 3 is 2.33 bits per heavy atom. The van der Waals surface area contributed by atoms with Crippen molar-refractivity contribution in [2.24, 2.45) is 0 Å². The van der Waals surface area contributed by atoms with Crippen molar-refractivity contribution in [3.8, 4) is 16.9 Å². The Kier molecular flexibility index (Phi) is 2.59. The first kappa shape index (κ1) is 9.59. The number of rotatable bonds is 2. The second-order valence-electron chi connectivity index (χ2n) is 3.32. The lowest BCUT2D eigenvalue weighted by atomic mass is 10.1. The van der Waals surface area contributed by atoms with Crippen molar-refractivity contribution in [1.82, 2.24) is 0 Å². The second kappa shape index (κ2) is 4.05. The van der Waals surface area contributed by atoms with E-state index < -0.39 is 0 Å². The predicted molar refractivity (Wildman–Crippen MR) is 62.8 cm³/mol. The highest BCUT2D eigenvalue weighted by molar-refractivity contribution is 5.69. The Labute approximate surface area is 89.3 Å². The zero-order chi connectivity index (χ0) is 10.7. The van der Waals surface area contributed by atoms with E-state index in [1.54, 1.807) is 7.11 Å². The lowest BCUT2D eigenvalue weighted by molar-refractivity contribution is 0.417. The van der Waals surface area contributed by atoms with Gasteiger partial charge in [-0.3, -0.25) is 0 Å². The number of hydrogen-bond acceptors (Lipinski definition) is 2. The molecule has 2 aromatic carbocycles. The third kappa shape index (κ3) is 1.94. The van der Waals surface area contributed by atoms with Crippen LogP contribution in [0.2, 0.25) is 0 Å². The van der Waals surface area contributed by atoms with Gasteiger partial charge >= 0.3 is 0 Å². The number of benzene rings is 2. The smallest absolute Gasteiger partial charge is 0.142 e. The van der Waals surface area contributed by atoms with Crippen LogP contribution in [-0.2, 0) is 0 Å². The Morgan fingerprint density at radius 2 is 1.67 bits per heavy atom. The predicted octanol–water partition coefficient (Wildman–Crippen LogP) is 2.94. The fourth-order valence-corrected chi connectivity index (χ4v) is 1.52. The van der Waals surface area contributed by atoms with Crippen LogP contribution >= 0.6 is 0 Å². The van der Waals surface area contributed by atoms with E-state index in [0.29, 0.717) is 5.69 Å². The minimum Gasteiger partial charge on any atom is -0.495 e. The highest BCUT2D eigenvalue weighted by Crippen LogP contribution is 2.28. The van der Waals surface area contributed by atoms with Gasteiger partial charge in [0.25, 0.3) is 0 Å². The van der Waals surface area contributed by atoms with E-state index >= 15 is 0 Å². The minimum absolute atomic E-state index is 0.664. The third-order valence-electron chi connectivity index (χ3n) is 2.34. The van der Waals surface area contributed by atoms with E-state index in [2.05, 4.69) is 12.1 Å². The van der Waals surface area contributed by atoms with Crippen molar-refractivity contribution in [2.45, 2.75) is 0 Å². The molecule has 76 valence electrons. The molecule has 2 nitrogen and oxygen atoms in total. The fraction of sp³-hybridized carbons (Fsp3) is 0.0769. The molecule has 2 rings (SSSR count). The summed E-state index contributed by atoms with van der Waals surface area (Å²) in [7, 11) is 1.63. The average molecular weight is 199 g/mol. The monoisotopic (exact) mass is 199 g/mol. The molecule has 15 heavy (non-hydrogen) atoms. The SMILES string of the molecule is COc1cc(-c2ccccc2)ccc1N. The van der Waals surface area contributed by atoms with Crippen molar-refractivity contribution < 1.29 is 4.74 Å². The molecule has 0 unspecified atom stereocenters. The standard InChI is InChI=1S/C13H13NO/c1-15-13-9-11(7-8-12(13)14)10-5-3-2-4-6-10/h2-9H,14H2,1H3. The van der Waals surface area contributed by atoms with Crippen molar-refractivity contribution in [3.63, 3.8) is 0 Å². The maximum Gasteiger partial charge on any atom is 0.142 e. The van der Waals surface area contributed by atoms with Crippen molar-refractivity contribution in [3.05, 3.63) is 48.5 Å². The number of ether oxygens (including phenoxy) is 1. The highest BCUT2D eigenvalue weighted by atomic mass is 16.5. The summed E-state index contributed by atoms with van der Waals surface area (Å²) in [5.74, 6) is 0.719. The van der Waals surface area contributed by atoms with Crippen LogP contribution in [0.25, 0.3) is 11.1 Å². The normalized spacial score (nSPS) is 9.93. The van der Waals surface area contributed by atoms with Crippen LogP contribution in [0.5, 0.6) is 5.75 Å². The summed E-state index contributed by atoms with van der Waals surface area (Å²) in [5.41, 5.74) is 8.69. The quantitative estimate of drug-likeness (QED) is 0.755. The number of anilines is 1. The zero-order valence-corrected chi connectivity index (χ0v) is 8.60. The lowest BCUT2D eigenvalue weighted by Crippen LogP contribution is -1.92. The van der Waals surface area contributed by atoms with Crippen LogP contribution in [0.1, 0.15) is 0 Å². The van der Waals surface area contributed by atoms with Gasteiger partial charge in [-0.25, -0.2) is 0 Å². The van der Waals surface area contributed by atoms with E-state index in [1.807, 2.05) is 36.4 Å². The van der Waals surface area contributed by atoms with Gasteiger partial charge < -0.3 is 10.5 Å². The largest absolute Gasteiger partial charge is 0.495 e. The van der Waals surface area contributed by atoms with Gasteiger partial charge in [0.15, 0.2) is 0 Å². The first-order valence-corrected chi connectivity index (χ1v) is 4.80. The number of hydrogen-bond donors (Lipinski definition) is 1. The molecule has 2 aromatic rings. The number of methoxy groups -OCH3 is 1. The molecule has 0 aliphatic rings. The van der Waals surface area contributed by atoms with Crippen LogP contribution in [-0.4, -0.2) is 7.11 Å². The molecule has 2 N–H and O–H groups in total.